The Morgan fingerprint density at radius 3 is 2.07 bits per heavy atom. The molecule has 1 rings (SSSR count). The van der Waals surface area contributed by atoms with Gasteiger partial charge in [0, 0.05) is 5.33 Å². The lowest BCUT2D eigenvalue weighted by molar-refractivity contribution is 0.529. The fourth-order valence-corrected chi connectivity index (χ4v) is 4.82. The van der Waals surface area contributed by atoms with Crippen molar-refractivity contribution >= 4 is 25.8 Å². The molecule has 0 saturated heterocycles. The van der Waals surface area contributed by atoms with Crippen LogP contribution in [-0.2, 0) is 9.84 Å². The summed E-state index contributed by atoms with van der Waals surface area (Å²) in [6.45, 7) is 5.76. The normalized spacial score (nSPS) is 22.4. The molecule has 4 heteroatoms. The fourth-order valence-electron chi connectivity index (χ4n) is 1.47. The van der Waals surface area contributed by atoms with Crippen LogP contribution in [0.2, 0.25) is 0 Å². The van der Waals surface area contributed by atoms with Crippen LogP contribution in [0.3, 0.4) is 0 Å². The third kappa shape index (κ3) is 2.72. The molecule has 0 amide bonds. The molecule has 2 nitrogen and oxygen atoms in total. The molecular weight excluding hydrogens is 264 g/mol. The topological polar surface area (TPSA) is 34.1 Å². The highest BCUT2D eigenvalue weighted by Gasteiger charge is 2.46. The van der Waals surface area contributed by atoms with Crippen LogP contribution >= 0.6 is 15.9 Å². The molecule has 0 aromatic rings. The van der Waals surface area contributed by atoms with Crippen molar-refractivity contribution in [2.24, 2.45) is 11.3 Å². The number of rotatable bonds is 5. The van der Waals surface area contributed by atoms with Crippen molar-refractivity contribution in [3.63, 3.8) is 0 Å². The minimum Gasteiger partial charge on any atom is -0.229 e. The lowest BCUT2D eigenvalue weighted by atomic mass is 10.1. The van der Waals surface area contributed by atoms with Crippen LogP contribution < -0.4 is 0 Å². The summed E-state index contributed by atoms with van der Waals surface area (Å²) in [5, 5.41) is 0.614. The Bertz CT molecular complexity index is 291. The molecule has 0 aromatic carbocycles. The molecule has 0 radical (unpaired) electrons. The van der Waals surface area contributed by atoms with Gasteiger partial charge in [-0.2, -0.15) is 0 Å². The van der Waals surface area contributed by atoms with Crippen LogP contribution in [0.5, 0.6) is 0 Å². The van der Waals surface area contributed by atoms with Crippen molar-refractivity contribution in [2.45, 2.75) is 38.9 Å². The van der Waals surface area contributed by atoms with Crippen molar-refractivity contribution in [3.05, 3.63) is 0 Å². The second kappa shape index (κ2) is 4.12. The summed E-state index contributed by atoms with van der Waals surface area (Å²) in [6.07, 6.45) is 2.12. The Hall–Kier alpha value is 0.430. The molecule has 84 valence electrons. The maximum absolute atomic E-state index is 12.0. The lowest BCUT2D eigenvalue weighted by Crippen LogP contribution is -2.30. The summed E-state index contributed by atoms with van der Waals surface area (Å²) in [6, 6.07) is 0. The third-order valence-corrected chi connectivity index (χ3v) is 7.13. The Morgan fingerprint density at radius 2 is 1.79 bits per heavy atom. The number of hydrogen-bond donors (Lipinski definition) is 0. The summed E-state index contributed by atoms with van der Waals surface area (Å²) in [5.41, 5.74) is 0.0714. The van der Waals surface area contributed by atoms with E-state index in [9.17, 15) is 8.42 Å². The molecule has 14 heavy (non-hydrogen) atoms. The zero-order chi connectivity index (χ0) is 11.0. The van der Waals surface area contributed by atoms with E-state index in [4.69, 9.17) is 0 Å². The zero-order valence-corrected chi connectivity index (χ0v) is 11.5. The SMILES string of the molecule is CC(C)C(C)S(=O)(=O)CC1(CBr)CC1. The minimum absolute atomic E-state index is 0.0714. The van der Waals surface area contributed by atoms with E-state index < -0.39 is 9.84 Å². The van der Waals surface area contributed by atoms with E-state index in [0.717, 1.165) is 18.2 Å². The first-order valence-corrected chi connectivity index (χ1v) is 7.94. The zero-order valence-electron chi connectivity index (χ0n) is 9.09. The quantitative estimate of drug-likeness (QED) is 0.727. The summed E-state index contributed by atoms with van der Waals surface area (Å²) < 4.78 is 23.9. The molecule has 1 atom stereocenters. The Labute approximate surface area is 95.5 Å². The predicted octanol–water partition coefficient (Wildman–Crippen LogP) is 2.62. The van der Waals surface area contributed by atoms with Crippen LogP contribution in [0, 0.1) is 11.3 Å². The highest BCUT2D eigenvalue weighted by molar-refractivity contribution is 9.09. The van der Waals surface area contributed by atoms with E-state index in [1.165, 1.54) is 0 Å². The Kier molecular flexibility index (Phi) is 3.68. The van der Waals surface area contributed by atoms with Gasteiger partial charge in [-0.15, -0.1) is 0 Å². The summed E-state index contributed by atoms with van der Waals surface area (Å²) in [4.78, 5) is 0. The van der Waals surface area contributed by atoms with E-state index in [1.54, 1.807) is 0 Å². The van der Waals surface area contributed by atoms with Gasteiger partial charge in [0.1, 0.15) is 0 Å². The fraction of sp³-hybridized carbons (Fsp3) is 1.00. The van der Waals surface area contributed by atoms with Crippen molar-refractivity contribution in [3.8, 4) is 0 Å². The van der Waals surface area contributed by atoms with Gasteiger partial charge in [0.25, 0.3) is 0 Å². The molecular formula is C10H19BrO2S. The standard InChI is InChI=1S/C10H19BrO2S/c1-8(2)9(3)14(12,13)7-10(6-11)4-5-10/h8-9H,4-7H2,1-3H3. The summed E-state index contributed by atoms with van der Waals surface area (Å²) >= 11 is 3.41. The molecule has 0 aromatic heterocycles. The van der Waals surface area contributed by atoms with Crippen LogP contribution in [0.4, 0.5) is 0 Å². The first-order valence-electron chi connectivity index (χ1n) is 5.10. The Balaban J connectivity index is 2.67. The van der Waals surface area contributed by atoms with Crippen molar-refractivity contribution in [2.75, 3.05) is 11.1 Å². The molecule has 0 aliphatic heterocycles. The molecule has 1 aliphatic rings. The van der Waals surface area contributed by atoms with E-state index in [2.05, 4.69) is 15.9 Å². The number of halogens is 1. The van der Waals surface area contributed by atoms with Crippen LogP contribution in [0.1, 0.15) is 33.6 Å². The monoisotopic (exact) mass is 282 g/mol. The van der Waals surface area contributed by atoms with Gasteiger partial charge < -0.3 is 0 Å². The molecule has 0 N–H and O–H groups in total. The summed E-state index contributed by atoms with van der Waals surface area (Å²) in [5.74, 6) is 0.580. The van der Waals surface area contributed by atoms with Gasteiger partial charge in [-0.1, -0.05) is 29.8 Å². The average molecular weight is 283 g/mol. The predicted molar refractivity (Wildman–Crippen MR) is 63.5 cm³/mol. The number of sulfone groups is 1. The second-order valence-electron chi connectivity index (χ2n) is 4.89. The van der Waals surface area contributed by atoms with Gasteiger partial charge in [0.15, 0.2) is 9.84 Å². The first-order chi connectivity index (χ1) is 6.33. The largest absolute Gasteiger partial charge is 0.229 e. The van der Waals surface area contributed by atoms with Gasteiger partial charge in [0.05, 0.1) is 11.0 Å². The van der Waals surface area contributed by atoms with Crippen LogP contribution in [0.15, 0.2) is 0 Å². The summed E-state index contributed by atoms with van der Waals surface area (Å²) in [7, 11) is -2.90. The molecule has 1 unspecified atom stereocenters. The van der Waals surface area contributed by atoms with Gasteiger partial charge in [0.2, 0.25) is 0 Å². The van der Waals surface area contributed by atoms with E-state index in [1.807, 2.05) is 20.8 Å². The smallest absolute Gasteiger partial charge is 0.153 e. The maximum Gasteiger partial charge on any atom is 0.153 e. The minimum atomic E-state index is -2.90. The Morgan fingerprint density at radius 1 is 1.29 bits per heavy atom. The van der Waals surface area contributed by atoms with Crippen molar-refractivity contribution < 1.29 is 8.42 Å². The van der Waals surface area contributed by atoms with Crippen LogP contribution in [0.25, 0.3) is 0 Å². The van der Waals surface area contributed by atoms with Crippen molar-refractivity contribution in [1.82, 2.24) is 0 Å². The van der Waals surface area contributed by atoms with E-state index >= 15 is 0 Å². The molecule has 1 fully saturated rings. The second-order valence-corrected chi connectivity index (χ2v) is 7.81. The van der Waals surface area contributed by atoms with Crippen molar-refractivity contribution in [1.29, 1.82) is 0 Å². The van der Waals surface area contributed by atoms with Crippen LogP contribution in [-0.4, -0.2) is 24.8 Å². The van der Waals surface area contributed by atoms with Gasteiger partial charge >= 0.3 is 0 Å². The third-order valence-electron chi connectivity index (χ3n) is 3.25. The van der Waals surface area contributed by atoms with E-state index in [-0.39, 0.29) is 16.6 Å². The molecule has 0 spiro atoms. The average Bonchev–Trinajstić information content (AvgIpc) is 2.83. The molecule has 1 saturated carbocycles. The number of hydrogen-bond acceptors (Lipinski definition) is 2. The van der Waals surface area contributed by atoms with Gasteiger partial charge in [-0.05, 0) is 31.1 Å². The van der Waals surface area contributed by atoms with Gasteiger partial charge in [-0.3, -0.25) is 0 Å². The van der Waals surface area contributed by atoms with E-state index in [0.29, 0.717) is 5.75 Å². The highest BCUT2D eigenvalue weighted by Crippen LogP contribution is 2.48. The first kappa shape index (κ1) is 12.5. The molecule has 0 bridgehead atoms. The van der Waals surface area contributed by atoms with Gasteiger partial charge in [-0.25, -0.2) is 8.42 Å². The lowest BCUT2D eigenvalue weighted by Gasteiger charge is -2.19. The maximum atomic E-state index is 12.0. The molecule has 1 aliphatic carbocycles. The molecule has 0 heterocycles. The highest BCUT2D eigenvalue weighted by atomic mass is 79.9. The number of alkyl halides is 1.